The monoisotopic (exact) mass is 568 g/mol. The van der Waals surface area contributed by atoms with E-state index in [0.717, 1.165) is 45.3 Å². The molecule has 0 aliphatic heterocycles. The zero-order chi connectivity index (χ0) is 25.1. The van der Waals surface area contributed by atoms with Crippen molar-refractivity contribution in [3.05, 3.63) is 60.4 Å². The molecule has 1 unspecified atom stereocenters. The molecule has 1 N–H and O–H groups in total. The first-order valence-corrected chi connectivity index (χ1v) is 14.8. The molecule has 1 aliphatic rings. The fraction of sp³-hybridized carbons (Fsp3) is 0.400. The zero-order valence-corrected chi connectivity index (χ0v) is 23.7. The fourth-order valence-electron chi connectivity index (χ4n) is 4.03. The van der Waals surface area contributed by atoms with Gasteiger partial charge < -0.3 is 10.1 Å². The van der Waals surface area contributed by atoms with Crippen molar-refractivity contribution in [1.82, 2.24) is 4.98 Å². The first-order valence-electron chi connectivity index (χ1n) is 11.4. The Bertz CT molecular complexity index is 1260. The second kappa shape index (κ2) is 11.6. The van der Waals surface area contributed by atoms with Crippen LogP contribution in [0.5, 0.6) is 0 Å². The minimum atomic E-state index is -0.359. The molecule has 0 spiro atoms. The largest absolute Gasteiger partial charge is 0.462 e. The standard InChI is InChI=1S/C25H26Cl2N2O3S3/c1-4-32-24(31)22-17-7-5-13(2)9-20(17)34-23(22)29-21(30)12-33-25-28-14(3)19(35-25)11-15-10-16(26)6-8-18(15)27/h6,8,10,13H,4-5,7,9,11-12H2,1-3H3,(H,29,30). The number of hydrogen-bond acceptors (Lipinski definition) is 7. The quantitative estimate of drug-likeness (QED) is 0.226. The summed E-state index contributed by atoms with van der Waals surface area (Å²) < 4.78 is 6.11. The Morgan fingerprint density at radius 1 is 1.29 bits per heavy atom. The number of ether oxygens (including phenoxy) is 1. The van der Waals surface area contributed by atoms with Crippen molar-refractivity contribution in [2.24, 2.45) is 5.92 Å². The van der Waals surface area contributed by atoms with E-state index in [2.05, 4.69) is 17.2 Å². The van der Waals surface area contributed by atoms with Gasteiger partial charge in [0.15, 0.2) is 4.34 Å². The Morgan fingerprint density at radius 3 is 2.86 bits per heavy atom. The second-order valence-electron chi connectivity index (χ2n) is 8.51. The minimum absolute atomic E-state index is 0.167. The molecule has 2 heterocycles. The third-order valence-electron chi connectivity index (χ3n) is 5.80. The summed E-state index contributed by atoms with van der Waals surface area (Å²) in [5.74, 6) is 0.243. The molecule has 2 aromatic heterocycles. The number of esters is 1. The number of fused-ring (bicyclic) bond motifs is 1. The van der Waals surface area contributed by atoms with E-state index in [1.54, 1.807) is 30.4 Å². The zero-order valence-electron chi connectivity index (χ0n) is 19.7. The topological polar surface area (TPSA) is 68.3 Å². The van der Waals surface area contributed by atoms with Gasteiger partial charge in [-0.2, -0.15) is 0 Å². The SMILES string of the molecule is CCOC(=O)c1c(NC(=O)CSc2nc(C)c(Cc3cc(Cl)ccc3Cl)s2)sc2c1CCC(C)C2. The van der Waals surface area contributed by atoms with Crippen molar-refractivity contribution in [1.29, 1.82) is 0 Å². The number of amides is 1. The number of aromatic nitrogens is 1. The molecular formula is C25H26Cl2N2O3S3. The molecule has 0 saturated carbocycles. The van der Waals surface area contributed by atoms with Gasteiger partial charge in [-0.05, 0) is 68.4 Å². The van der Waals surface area contributed by atoms with E-state index in [-0.39, 0.29) is 17.6 Å². The molecule has 1 atom stereocenters. The van der Waals surface area contributed by atoms with E-state index in [0.29, 0.717) is 39.6 Å². The number of aryl methyl sites for hydroxylation is 1. The Balaban J connectivity index is 1.43. The number of rotatable bonds is 8. The van der Waals surface area contributed by atoms with Crippen LogP contribution in [0, 0.1) is 12.8 Å². The number of benzene rings is 1. The van der Waals surface area contributed by atoms with E-state index in [1.165, 1.54) is 28.0 Å². The maximum atomic E-state index is 12.8. The summed E-state index contributed by atoms with van der Waals surface area (Å²) in [5.41, 5.74) is 3.43. The number of nitrogens with zero attached hydrogens (tertiary/aromatic N) is 1. The molecule has 0 fully saturated rings. The molecule has 0 saturated heterocycles. The number of hydrogen-bond donors (Lipinski definition) is 1. The molecule has 0 radical (unpaired) electrons. The maximum absolute atomic E-state index is 12.8. The summed E-state index contributed by atoms with van der Waals surface area (Å²) in [6, 6.07) is 5.43. The molecule has 35 heavy (non-hydrogen) atoms. The van der Waals surface area contributed by atoms with E-state index < -0.39 is 0 Å². The molecule has 10 heteroatoms. The van der Waals surface area contributed by atoms with Gasteiger partial charge in [0, 0.05) is 26.2 Å². The van der Waals surface area contributed by atoms with E-state index in [4.69, 9.17) is 27.9 Å². The summed E-state index contributed by atoms with van der Waals surface area (Å²) in [7, 11) is 0. The van der Waals surface area contributed by atoms with Gasteiger partial charge in [-0.25, -0.2) is 9.78 Å². The minimum Gasteiger partial charge on any atom is -0.462 e. The number of carbonyl (C=O) groups is 2. The van der Waals surface area contributed by atoms with Gasteiger partial charge in [-0.15, -0.1) is 22.7 Å². The number of thiophene rings is 1. The molecule has 186 valence electrons. The third-order valence-corrected chi connectivity index (χ3v) is 9.88. The molecular weight excluding hydrogens is 543 g/mol. The lowest BCUT2D eigenvalue weighted by Crippen LogP contribution is -2.17. The van der Waals surface area contributed by atoms with Crippen molar-refractivity contribution in [3.63, 3.8) is 0 Å². The predicted molar refractivity (Wildman–Crippen MR) is 147 cm³/mol. The normalized spacial score (nSPS) is 15.1. The van der Waals surface area contributed by atoms with Crippen molar-refractivity contribution in [3.8, 4) is 0 Å². The van der Waals surface area contributed by atoms with Crippen LogP contribution in [0.2, 0.25) is 10.0 Å². The lowest BCUT2D eigenvalue weighted by atomic mass is 9.88. The highest BCUT2D eigenvalue weighted by atomic mass is 35.5. The van der Waals surface area contributed by atoms with Gasteiger partial charge in [0.1, 0.15) is 5.00 Å². The lowest BCUT2D eigenvalue weighted by Gasteiger charge is -2.18. The smallest absolute Gasteiger partial charge is 0.341 e. The average molecular weight is 570 g/mol. The van der Waals surface area contributed by atoms with Gasteiger partial charge in [0.25, 0.3) is 0 Å². The number of thiazole rings is 1. The van der Waals surface area contributed by atoms with E-state index >= 15 is 0 Å². The summed E-state index contributed by atoms with van der Waals surface area (Å²) in [6.45, 7) is 6.26. The summed E-state index contributed by atoms with van der Waals surface area (Å²) in [5, 5.41) is 4.88. The van der Waals surface area contributed by atoms with Gasteiger partial charge >= 0.3 is 5.97 Å². The fourth-order valence-corrected chi connectivity index (χ4v) is 7.88. The van der Waals surface area contributed by atoms with Crippen LogP contribution in [0.1, 0.15) is 57.2 Å². The number of halogens is 2. The van der Waals surface area contributed by atoms with Crippen LogP contribution < -0.4 is 5.32 Å². The number of anilines is 1. The Morgan fingerprint density at radius 2 is 2.09 bits per heavy atom. The number of thioether (sulfide) groups is 1. The van der Waals surface area contributed by atoms with Crippen LogP contribution in [-0.4, -0.2) is 29.2 Å². The molecule has 1 aliphatic carbocycles. The molecule has 1 aromatic carbocycles. The van der Waals surface area contributed by atoms with Crippen molar-refractivity contribution in [2.45, 2.75) is 50.8 Å². The Hall–Kier alpha value is -1.58. The van der Waals surface area contributed by atoms with Gasteiger partial charge in [0.05, 0.1) is 23.6 Å². The van der Waals surface area contributed by atoms with Crippen LogP contribution in [0.15, 0.2) is 22.5 Å². The van der Waals surface area contributed by atoms with Crippen LogP contribution in [-0.2, 0) is 28.8 Å². The van der Waals surface area contributed by atoms with Crippen molar-refractivity contribution < 1.29 is 14.3 Å². The average Bonchev–Trinajstić information content (AvgIpc) is 3.33. The van der Waals surface area contributed by atoms with E-state index in [1.807, 2.05) is 13.0 Å². The van der Waals surface area contributed by atoms with Crippen LogP contribution in [0.4, 0.5) is 5.00 Å². The Labute approximate surface area is 227 Å². The van der Waals surface area contributed by atoms with Gasteiger partial charge in [0.2, 0.25) is 5.91 Å². The molecule has 0 bridgehead atoms. The van der Waals surface area contributed by atoms with Gasteiger partial charge in [-0.1, -0.05) is 41.9 Å². The van der Waals surface area contributed by atoms with Crippen molar-refractivity contribution in [2.75, 3.05) is 17.7 Å². The summed E-state index contributed by atoms with van der Waals surface area (Å²) in [6.07, 6.45) is 3.43. The summed E-state index contributed by atoms with van der Waals surface area (Å²) in [4.78, 5) is 32.4. The number of carbonyl (C=O) groups excluding carboxylic acids is 2. The summed E-state index contributed by atoms with van der Waals surface area (Å²) >= 11 is 16.9. The Kier molecular flexibility index (Phi) is 8.81. The first kappa shape index (κ1) is 26.5. The highest BCUT2D eigenvalue weighted by Gasteiger charge is 2.29. The highest BCUT2D eigenvalue weighted by molar-refractivity contribution is 8.01. The second-order valence-corrected chi connectivity index (χ2v) is 12.8. The lowest BCUT2D eigenvalue weighted by molar-refractivity contribution is -0.113. The van der Waals surface area contributed by atoms with Crippen LogP contribution in [0.25, 0.3) is 0 Å². The molecule has 3 aromatic rings. The predicted octanol–water partition coefficient (Wildman–Crippen LogP) is 7.44. The highest BCUT2D eigenvalue weighted by Crippen LogP contribution is 2.40. The first-order chi connectivity index (χ1) is 16.7. The van der Waals surface area contributed by atoms with Crippen molar-refractivity contribution >= 4 is 74.5 Å². The third kappa shape index (κ3) is 6.41. The molecule has 5 nitrogen and oxygen atoms in total. The maximum Gasteiger partial charge on any atom is 0.341 e. The van der Waals surface area contributed by atoms with E-state index in [9.17, 15) is 9.59 Å². The molecule has 1 amide bonds. The van der Waals surface area contributed by atoms with Gasteiger partial charge in [-0.3, -0.25) is 4.79 Å². The van der Waals surface area contributed by atoms with Crippen LogP contribution in [0.3, 0.4) is 0 Å². The number of nitrogens with one attached hydrogen (secondary N) is 1. The van der Waals surface area contributed by atoms with Crippen LogP contribution >= 0.6 is 57.6 Å². The molecule has 4 rings (SSSR count).